The van der Waals surface area contributed by atoms with Crippen LogP contribution in [0.2, 0.25) is 0 Å². The fourth-order valence-electron chi connectivity index (χ4n) is 0.935. The number of phenolic OH excluding ortho intramolecular Hbond substituents is 1. The van der Waals surface area contributed by atoms with Gasteiger partial charge >= 0.3 is 0 Å². The molecule has 1 aromatic rings. The average Bonchev–Trinajstić information content (AvgIpc) is 2.12. The van der Waals surface area contributed by atoms with Gasteiger partial charge in [-0.05, 0) is 62.9 Å². The second kappa shape index (κ2) is 4.76. The van der Waals surface area contributed by atoms with Crippen LogP contribution in [0, 0.1) is 7.14 Å². The predicted molar refractivity (Wildman–Crippen MR) is 69.5 cm³/mol. The van der Waals surface area contributed by atoms with Crippen molar-refractivity contribution in [2.24, 2.45) is 11.5 Å². The summed E-state index contributed by atoms with van der Waals surface area (Å²) in [5, 5.41) is 9.50. The number of benzene rings is 1. The van der Waals surface area contributed by atoms with E-state index in [9.17, 15) is 5.11 Å². The molecule has 0 aromatic heterocycles. The molecule has 0 saturated heterocycles. The van der Waals surface area contributed by atoms with E-state index in [0.29, 0.717) is 12.3 Å². The molecule has 0 heterocycles. The molecule has 1 aromatic carbocycles. The van der Waals surface area contributed by atoms with Crippen LogP contribution in [0.3, 0.4) is 0 Å². The smallest absolute Gasteiger partial charge is 0.142 e. The quantitative estimate of drug-likeness (QED) is 0.656. The predicted octanol–water partition coefficient (Wildman–Crippen LogP) is 1.56. The lowest BCUT2D eigenvalue weighted by molar-refractivity contribution is 0.467. The van der Waals surface area contributed by atoms with Crippen LogP contribution in [0.1, 0.15) is 11.6 Å². The summed E-state index contributed by atoms with van der Waals surface area (Å²) in [6, 6.07) is 3.56. The van der Waals surface area contributed by atoms with Gasteiger partial charge in [-0.1, -0.05) is 0 Å². The molecule has 1 atom stereocenters. The van der Waals surface area contributed by atoms with Gasteiger partial charge in [0.2, 0.25) is 0 Å². The molecule has 72 valence electrons. The fraction of sp³-hybridized carbons (Fsp3) is 0.250. The van der Waals surface area contributed by atoms with E-state index in [4.69, 9.17) is 11.5 Å². The van der Waals surface area contributed by atoms with Crippen molar-refractivity contribution in [3.63, 3.8) is 0 Å². The maximum atomic E-state index is 9.50. The van der Waals surface area contributed by atoms with Gasteiger partial charge in [0, 0.05) is 12.6 Å². The summed E-state index contributed by atoms with van der Waals surface area (Å²) in [7, 11) is 0. The molecule has 0 aliphatic rings. The van der Waals surface area contributed by atoms with Crippen molar-refractivity contribution in [3.05, 3.63) is 24.8 Å². The molecule has 0 amide bonds. The Balaban J connectivity index is 3.13. The second-order valence-corrected chi connectivity index (χ2v) is 5.00. The zero-order valence-electron chi connectivity index (χ0n) is 6.80. The summed E-state index contributed by atoms with van der Waals surface area (Å²) in [5.74, 6) is 0.314. The first kappa shape index (κ1) is 11.5. The van der Waals surface area contributed by atoms with E-state index in [1.54, 1.807) is 0 Å². The van der Waals surface area contributed by atoms with Crippen LogP contribution in [0.25, 0.3) is 0 Å². The minimum absolute atomic E-state index is 0.150. The summed E-state index contributed by atoms with van der Waals surface area (Å²) >= 11 is 4.15. The number of phenols is 1. The minimum Gasteiger partial charge on any atom is -0.506 e. The first-order valence-corrected chi connectivity index (χ1v) is 5.85. The van der Waals surface area contributed by atoms with Crippen LogP contribution in [-0.4, -0.2) is 11.7 Å². The highest BCUT2D eigenvalue weighted by Crippen LogP contribution is 2.28. The number of rotatable bonds is 2. The minimum atomic E-state index is -0.150. The van der Waals surface area contributed by atoms with Crippen molar-refractivity contribution in [2.75, 3.05) is 6.54 Å². The molecule has 0 saturated carbocycles. The maximum Gasteiger partial charge on any atom is 0.142 e. The number of halogens is 2. The van der Waals surface area contributed by atoms with Gasteiger partial charge in [-0.25, -0.2) is 0 Å². The SMILES string of the molecule is NC[C@H](N)c1cc(I)c(O)c(I)c1. The lowest BCUT2D eigenvalue weighted by atomic mass is 10.1. The second-order valence-electron chi connectivity index (χ2n) is 2.68. The van der Waals surface area contributed by atoms with Crippen molar-refractivity contribution in [3.8, 4) is 5.75 Å². The zero-order valence-corrected chi connectivity index (χ0v) is 11.1. The number of hydrogen-bond acceptors (Lipinski definition) is 3. The first-order valence-electron chi connectivity index (χ1n) is 3.69. The monoisotopic (exact) mass is 404 g/mol. The third kappa shape index (κ3) is 2.67. The molecule has 0 aliphatic carbocycles. The number of hydrogen-bond donors (Lipinski definition) is 3. The van der Waals surface area contributed by atoms with Gasteiger partial charge in [-0.3, -0.25) is 0 Å². The molecule has 0 aliphatic heterocycles. The number of aromatic hydroxyl groups is 1. The molecule has 0 bridgehead atoms. The Bertz CT molecular complexity index is 294. The Morgan fingerprint density at radius 1 is 1.31 bits per heavy atom. The maximum absolute atomic E-state index is 9.50. The highest BCUT2D eigenvalue weighted by Gasteiger charge is 2.09. The summed E-state index contributed by atoms with van der Waals surface area (Å²) < 4.78 is 1.62. The third-order valence-corrected chi connectivity index (χ3v) is 3.37. The fourth-order valence-corrected chi connectivity index (χ4v) is 2.75. The highest BCUT2D eigenvalue weighted by molar-refractivity contribution is 14.1. The van der Waals surface area contributed by atoms with Crippen molar-refractivity contribution in [1.29, 1.82) is 0 Å². The summed E-state index contributed by atoms with van der Waals surface area (Å²) in [6.45, 7) is 0.414. The summed E-state index contributed by atoms with van der Waals surface area (Å²) in [6.07, 6.45) is 0. The van der Waals surface area contributed by atoms with Gasteiger partial charge in [-0.15, -0.1) is 0 Å². The molecule has 0 unspecified atom stereocenters. The van der Waals surface area contributed by atoms with Gasteiger partial charge in [0.15, 0.2) is 0 Å². The van der Waals surface area contributed by atoms with Gasteiger partial charge in [-0.2, -0.15) is 0 Å². The average molecular weight is 404 g/mol. The van der Waals surface area contributed by atoms with E-state index in [1.165, 1.54) is 0 Å². The first-order chi connectivity index (χ1) is 6.06. The molecular weight excluding hydrogens is 394 g/mol. The molecule has 1 rings (SSSR count). The van der Waals surface area contributed by atoms with Crippen LogP contribution >= 0.6 is 45.2 Å². The lowest BCUT2D eigenvalue weighted by Gasteiger charge is -2.11. The van der Waals surface area contributed by atoms with Crippen LogP contribution < -0.4 is 11.5 Å². The Morgan fingerprint density at radius 2 is 1.77 bits per heavy atom. The van der Waals surface area contributed by atoms with Crippen LogP contribution in [0.4, 0.5) is 0 Å². The van der Waals surface area contributed by atoms with E-state index in [2.05, 4.69) is 45.2 Å². The van der Waals surface area contributed by atoms with Crippen molar-refractivity contribution >= 4 is 45.2 Å². The van der Waals surface area contributed by atoms with Crippen molar-refractivity contribution in [1.82, 2.24) is 0 Å². The molecule has 13 heavy (non-hydrogen) atoms. The van der Waals surface area contributed by atoms with E-state index >= 15 is 0 Å². The van der Waals surface area contributed by atoms with E-state index in [0.717, 1.165) is 12.7 Å². The van der Waals surface area contributed by atoms with Crippen molar-refractivity contribution < 1.29 is 5.11 Å². The summed E-state index contributed by atoms with van der Waals surface area (Å²) in [5.41, 5.74) is 12.2. The Morgan fingerprint density at radius 3 is 2.15 bits per heavy atom. The van der Waals surface area contributed by atoms with Crippen molar-refractivity contribution in [2.45, 2.75) is 6.04 Å². The molecule has 5 N–H and O–H groups in total. The highest BCUT2D eigenvalue weighted by atomic mass is 127. The molecule has 3 nitrogen and oxygen atoms in total. The van der Waals surface area contributed by atoms with Gasteiger partial charge < -0.3 is 16.6 Å². The summed E-state index contributed by atoms with van der Waals surface area (Å²) in [4.78, 5) is 0. The molecular formula is C8H10I2N2O. The van der Waals surface area contributed by atoms with Crippen LogP contribution in [0.15, 0.2) is 12.1 Å². The van der Waals surface area contributed by atoms with E-state index in [-0.39, 0.29) is 6.04 Å². The molecule has 0 radical (unpaired) electrons. The van der Waals surface area contributed by atoms with Gasteiger partial charge in [0.1, 0.15) is 5.75 Å². The normalized spacial score (nSPS) is 12.9. The number of nitrogens with two attached hydrogens (primary N) is 2. The third-order valence-electron chi connectivity index (χ3n) is 1.72. The zero-order chi connectivity index (χ0) is 10.0. The molecule has 0 spiro atoms. The van der Waals surface area contributed by atoms with Gasteiger partial charge in [0.25, 0.3) is 0 Å². The van der Waals surface area contributed by atoms with Gasteiger partial charge in [0.05, 0.1) is 7.14 Å². The standard InChI is InChI=1S/C8H10I2N2O/c9-5-1-4(7(12)3-11)2-6(10)8(5)13/h1-2,7,13H,3,11-12H2/t7-/m0/s1. The lowest BCUT2D eigenvalue weighted by Crippen LogP contribution is -2.20. The van der Waals surface area contributed by atoms with Crippen LogP contribution in [0.5, 0.6) is 5.75 Å². The Labute approximate surface area is 104 Å². The van der Waals surface area contributed by atoms with E-state index < -0.39 is 0 Å². The molecule has 0 fully saturated rings. The van der Waals surface area contributed by atoms with E-state index in [1.807, 2.05) is 12.1 Å². The van der Waals surface area contributed by atoms with Crippen LogP contribution in [-0.2, 0) is 0 Å². The Kier molecular flexibility index (Phi) is 4.20. The topological polar surface area (TPSA) is 72.3 Å². The largest absolute Gasteiger partial charge is 0.506 e. The molecule has 5 heteroatoms. The Hall–Kier alpha value is 0.400.